The summed E-state index contributed by atoms with van der Waals surface area (Å²) in [6.07, 6.45) is 4.47. The highest BCUT2D eigenvalue weighted by Gasteiger charge is 2.25. The Bertz CT molecular complexity index is 1470. The van der Waals surface area contributed by atoms with E-state index < -0.39 is 22.0 Å². The number of nitrogens with zero attached hydrogens (tertiary/aromatic N) is 3. The molecule has 1 aliphatic heterocycles. The summed E-state index contributed by atoms with van der Waals surface area (Å²) < 4.78 is 28.1. The minimum atomic E-state index is -3.68. The second-order valence-corrected chi connectivity index (χ2v) is 10.2. The number of sulfonamides is 1. The Hall–Kier alpha value is -4.25. The van der Waals surface area contributed by atoms with Crippen LogP contribution in [0, 0.1) is 11.3 Å². The molecule has 3 heterocycles. The highest BCUT2D eigenvalue weighted by molar-refractivity contribution is 7.89. The summed E-state index contributed by atoms with van der Waals surface area (Å²) >= 11 is 0. The van der Waals surface area contributed by atoms with Gasteiger partial charge in [-0.15, -0.1) is 0 Å². The van der Waals surface area contributed by atoms with E-state index in [9.17, 15) is 23.1 Å². The lowest BCUT2D eigenvalue weighted by molar-refractivity contribution is -0.134. The molecule has 4 rings (SSSR count). The summed E-state index contributed by atoms with van der Waals surface area (Å²) in [6, 6.07) is 10.4. The molecule has 1 aliphatic rings. The maximum atomic E-state index is 12.7. The van der Waals surface area contributed by atoms with E-state index in [-0.39, 0.29) is 16.8 Å². The molecule has 200 valence electrons. The number of carboxylic acid groups (broad SMARTS) is 2. The van der Waals surface area contributed by atoms with E-state index in [2.05, 4.69) is 32.6 Å². The number of hydrogen-bond acceptors (Lipinski definition) is 8. The molecule has 1 aromatic carbocycles. The number of H-pyrrole nitrogens is 1. The number of aromatic nitrogens is 2. The first-order valence-corrected chi connectivity index (χ1v) is 13.1. The Morgan fingerprint density at radius 1 is 1.24 bits per heavy atom. The van der Waals surface area contributed by atoms with Crippen molar-refractivity contribution in [3.05, 3.63) is 54.2 Å². The van der Waals surface area contributed by atoms with E-state index in [0.717, 1.165) is 25.9 Å². The van der Waals surface area contributed by atoms with Crippen LogP contribution in [0.15, 0.2) is 53.6 Å². The van der Waals surface area contributed by atoms with E-state index in [1.54, 1.807) is 24.3 Å². The average molecular weight is 542 g/mol. The van der Waals surface area contributed by atoms with E-state index in [1.165, 1.54) is 12.3 Å². The first kappa shape index (κ1) is 28.3. The number of carbonyl (C=O) groups is 2. The second kappa shape index (κ2) is 12.3. The number of nitriles is 1. The molecular formula is C25H27N5O7S. The van der Waals surface area contributed by atoms with Crippen LogP contribution in [-0.2, 0) is 19.6 Å². The quantitative estimate of drug-likeness (QED) is 0.264. The van der Waals surface area contributed by atoms with Crippen LogP contribution in [0.5, 0.6) is 5.88 Å². The topological polar surface area (TPSA) is 197 Å². The number of aliphatic carboxylic acids is 2. The zero-order valence-electron chi connectivity index (χ0n) is 20.5. The molecule has 0 spiro atoms. The van der Waals surface area contributed by atoms with Crippen molar-refractivity contribution < 1.29 is 33.3 Å². The minimum Gasteiger partial charge on any atom is -0.494 e. The van der Waals surface area contributed by atoms with Crippen LogP contribution >= 0.6 is 0 Å². The van der Waals surface area contributed by atoms with Crippen LogP contribution in [0.3, 0.4) is 0 Å². The number of carboxylic acids is 2. The number of nitrogens with one attached hydrogen (secondary N) is 2. The number of likely N-dealkylation sites (N-methyl/N-ethyl adjacent to an activating group) is 1. The summed E-state index contributed by atoms with van der Waals surface area (Å²) in [4.78, 5) is 28.6. The normalized spacial score (nSPS) is 15.7. The van der Waals surface area contributed by atoms with Crippen LogP contribution < -0.4 is 4.72 Å². The van der Waals surface area contributed by atoms with Gasteiger partial charge in [-0.05, 0) is 56.3 Å². The van der Waals surface area contributed by atoms with Gasteiger partial charge in [0, 0.05) is 41.8 Å². The van der Waals surface area contributed by atoms with Gasteiger partial charge in [0.1, 0.15) is 4.90 Å². The van der Waals surface area contributed by atoms with Gasteiger partial charge in [-0.2, -0.15) is 5.26 Å². The van der Waals surface area contributed by atoms with Gasteiger partial charge in [0.2, 0.25) is 10.0 Å². The molecule has 0 radical (unpaired) electrons. The van der Waals surface area contributed by atoms with Gasteiger partial charge in [-0.1, -0.05) is 6.92 Å². The Kier molecular flexibility index (Phi) is 9.19. The predicted molar refractivity (Wildman–Crippen MR) is 138 cm³/mol. The van der Waals surface area contributed by atoms with Crippen LogP contribution in [-0.4, -0.2) is 76.2 Å². The van der Waals surface area contributed by atoms with Gasteiger partial charge in [-0.25, -0.2) is 22.7 Å². The van der Waals surface area contributed by atoms with Crippen LogP contribution in [0.2, 0.25) is 0 Å². The van der Waals surface area contributed by atoms with Crippen LogP contribution in [0.4, 0.5) is 0 Å². The van der Waals surface area contributed by atoms with Crippen LogP contribution in [0.25, 0.3) is 22.2 Å². The lowest BCUT2D eigenvalue weighted by Crippen LogP contribution is -2.40. The highest BCUT2D eigenvalue weighted by atomic mass is 32.2. The molecule has 1 atom stereocenters. The first-order chi connectivity index (χ1) is 18.1. The van der Waals surface area contributed by atoms with Crippen molar-refractivity contribution in [2.45, 2.75) is 30.7 Å². The van der Waals surface area contributed by atoms with Gasteiger partial charge >= 0.3 is 11.9 Å². The molecule has 12 nitrogen and oxygen atoms in total. The SMILES string of the molecule is CCN1CCCC1CNS(=O)(=O)c1ccc(-c2c(O)[nH]c3ccc(C#N)cc23)nc1.O=C(O)C=CC(=O)O. The van der Waals surface area contributed by atoms with Crippen molar-refractivity contribution >= 4 is 32.9 Å². The number of pyridine rings is 1. The van der Waals surface area contributed by atoms with Crippen molar-refractivity contribution in [3.63, 3.8) is 0 Å². The average Bonchev–Trinajstić information content (AvgIpc) is 3.49. The maximum Gasteiger partial charge on any atom is 0.328 e. The Morgan fingerprint density at radius 3 is 2.53 bits per heavy atom. The molecule has 5 N–H and O–H groups in total. The molecule has 1 saturated heterocycles. The molecule has 13 heteroatoms. The number of benzene rings is 1. The third-order valence-electron chi connectivity index (χ3n) is 5.99. The summed E-state index contributed by atoms with van der Waals surface area (Å²) in [7, 11) is -3.68. The molecule has 1 fully saturated rings. The number of aromatic hydroxyl groups is 1. The van der Waals surface area contributed by atoms with Crippen molar-refractivity contribution in [2.24, 2.45) is 0 Å². The number of aromatic amines is 1. The Balaban J connectivity index is 0.000000436. The summed E-state index contributed by atoms with van der Waals surface area (Å²) in [5.74, 6) is -2.60. The van der Waals surface area contributed by atoms with Gasteiger partial charge < -0.3 is 20.3 Å². The predicted octanol–water partition coefficient (Wildman–Crippen LogP) is 2.28. The van der Waals surface area contributed by atoms with Gasteiger partial charge in [0.05, 0.1) is 22.9 Å². The van der Waals surface area contributed by atoms with Gasteiger partial charge in [-0.3, -0.25) is 9.88 Å². The highest BCUT2D eigenvalue weighted by Crippen LogP contribution is 2.36. The van der Waals surface area contributed by atoms with Crippen molar-refractivity contribution in [1.82, 2.24) is 19.6 Å². The van der Waals surface area contributed by atoms with Gasteiger partial charge in [0.15, 0.2) is 5.88 Å². The molecule has 38 heavy (non-hydrogen) atoms. The van der Waals surface area contributed by atoms with Crippen molar-refractivity contribution in [3.8, 4) is 23.2 Å². The lowest BCUT2D eigenvalue weighted by Gasteiger charge is -2.22. The largest absolute Gasteiger partial charge is 0.494 e. The van der Waals surface area contributed by atoms with E-state index in [1.807, 2.05) is 0 Å². The Morgan fingerprint density at radius 2 is 1.95 bits per heavy atom. The number of fused-ring (bicyclic) bond motifs is 1. The third kappa shape index (κ3) is 6.94. The van der Waals surface area contributed by atoms with Gasteiger partial charge in [0.25, 0.3) is 0 Å². The second-order valence-electron chi connectivity index (χ2n) is 8.39. The maximum absolute atomic E-state index is 12.7. The molecule has 0 saturated carbocycles. The number of likely N-dealkylation sites (tertiary alicyclic amines) is 1. The molecule has 0 amide bonds. The fraction of sp³-hybridized carbons (Fsp3) is 0.280. The zero-order valence-corrected chi connectivity index (χ0v) is 21.3. The van der Waals surface area contributed by atoms with Crippen molar-refractivity contribution in [1.29, 1.82) is 5.26 Å². The van der Waals surface area contributed by atoms with Crippen LogP contribution in [0.1, 0.15) is 25.3 Å². The number of hydrogen-bond donors (Lipinski definition) is 5. The molecular weight excluding hydrogens is 514 g/mol. The van der Waals surface area contributed by atoms with E-state index in [4.69, 9.17) is 15.5 Å². The minimum absolute atomic E-state index is 0.0735. The Labute approximate surface area is 218 Å². The smallest absolute Gasteiger partial charge is 0.328 e. The summed E-state index contributed by atoms with van der Waals surface area (Å²) in [5, 5.41) is 35.7. The first-order valence-electron chi connectivity index (χ1n) is 11.6. The lowest BCUT2D eigenvalue weighted by atomic mass is 10.1. The fourth-order valence-electron chi connectivity index (χ4n) is 4.17. The summed E-state index contributed by atoms with van der Waals surface area (Å²) in [6.45, 7) is 4.36. The number of rotatable bonds is 8. The van der Waals surface area contributed by atoms with E-state index >= 15 is 0 Å². The molecule has 0 aliphatic carbocycles. The standard InChI is InChI=1S/C21H23N5O3S.C4H4O4/c1-2-26-9-3-4-15(26)12-24-30(28,29)16-6-8-19(23-13-16)20-17-10-14(11-22)5-7-18(17)25-21(20)27;5-3(6)1-2-4(7)8/h5-8,10,13,15,24-25,27H,2-4,9,12H2,1H3;1-2H,(H,5,6)(H,7,8). The molecule has 0 bridgehead atoms. The molecule has 2 aromatic heterocycles. The molecule has 1 unspecified atom stereocenters. The molecule has 3 aromatic rings. The zero-order chi connectivity index (χ0) is 27.9. The third-order valence-corrected chi connectivity index (χ3v) is 7.40. The summed E-state index contributed by atoms with van der Waals surface area (Å²) in [5.41, 5.74) is 1.97. The monoisotopic (exact) mass is 541 g/mol. The van der Waals surface area contributed by atoms with Crippen molar-refractivity contribution in [2.75, 3.05) is 19.6 Å². The fourth-order valence-corrected chi connectivity index (χ4v) is 5.19. The van der Waals surface area contributed by atoms with E-state index in [0.29, 0.717) is 46.4 Å².